The summed E-state index contributed by atoms with van der Waals surface area (Å²) in [7, 11) is 0. The molecule has 1 aromatic heterocycles. The van der Waals surface area contributed by atoms with Crippen LogP contribution in [0.25, 0.3) is 11.3 Å². The van der Waals surface area contributed by atoms with Crippen molar-refractivity contribution in [2.45, 2.75) is 57.5 Å². The van der Waals surface area contributed by atoms with E-state index >= 15 is 0 Å². The number of rotatable bonds is 7. The number of nitrogens with zero attached hydrogens (tertiary/aromatic N) is 2. The Morgan fingerprint density at radius 1 is 1.32 bits per heavy atom. The Bertz CT molecular complexity index is 835. The van der Waals surface area contributed by atoms with Crippen LogP contribution in [0.1, 0.15) is 56.2 Å². The molecule has 2 N–H and O–H groups in total. The monoisotopic (exact) mass is 388 g/mol. The number of carbonyl (C=O) groups is 1. The second-order valence-corrected chi connectivity index (χ2v) is 7.84. The summed E-state index contributed by atoms with van der Waals surface area (Å²) in [4.78, 5) is 19.8. The lowest BCUT2D eigenvalue weighted by Gasteiger charge is -2.25. The molecule has 1 saturated heterocycles. The summed E-state index contributed by atoms with van der Waals surface area (Å²) in [5, 5.41) is 6.30. The number of benzene rings is 1. The second kappa shape index (κ2) is 7.91. The quantitative estimate of drug-likeness (QED) is 0.558. The molecule has 2 heterocycles. The summed E-state index contributed by atoms with van der Waals surface area (Å²) in [5.74, 6) is -2.14. The highest BCUT2D eigenvalue weighted by molar-refractivity contribution is 5.60. The fraction of sp³-hybridized carbons (Fsp3) is 0.476. The average molecular weight is 388 g/mol. The van der Waals surface area contributed by atoms with Crippen molar-refractivity contribution in [3.63, 3.8) is 0 Å². The smallest absolute Gasteiger partial charge is 0.270 e. The van der Waals surface area contributed by atoms with E-state index in [1.165, 1.54) is 12.1 Å². The number of aromatic nitrogens is 2. The van der Waals surface area contributed by atoms with Crippen molar-refractivity contribution >= 4 is 6.41 Å². The minimum absolute atomic E-state index is 0.0144. The van der Waals surface area contributed by atoms with Gasteiger partial charge in [-0.3, -0.25) is 4.79 Å². The fourth-order valence-electron chi connectivity index (χ4n) is 3.65. The summed E-state index contributed by atoms with van der Waals surface area (Å²) in [6, 6.07) is 8.13. The van der Waals surface area contributed by atoms with Gasteiger partial charge in [0, 0.05) is 35.8 Å². The second-order valence-electron chi connectivity index (χ2n) is 7.84. The van der Waals surface area contributed by atoms with Crippen molar-refractivity contribution in [2.24, 2.45) is 0 Å². The zero-order valence-corrected chi connectivity index (χ0v) is 16.4. The van der Waals surface area contributed by atoms with Gasteiger partial charge in [0.2, 0.25) is 6.41 Å². The zero-order valence-electron chi connectivity index (χ0n) is 16.4. The van der Waals surface area contributed by atoms with Crippen LogP contribution in [0.2, 0.25) is 0 Å². The van der Waals surface area contributed by atoms with Crippen molar-refractivity contribution < 1.29 is 13.6 Å². The van der Waals surface area contributed by atoms with Crippen LogP contribution in [0.4, 0.5) is 8.78 Å². The van der Waals surface area contributed by atoms with Crippen molar-refractivity contribution in [2.75, 3.05) is 6.54 Å². The first kappa shape index (κ1) is 20.3. The Morgan fingerprint density at radius 3 is 2.68 bits per heavy atom. The molecule has 0 aliphatic carbocycles. The lowest BCUT2D eigenvalue weighted by Crippen LogP contribution is -2.40. The van der Waals surface area contributed by atoms with Gasteiger partial charge in [-0.25, -0.2) is 18.7 Å². The Hall–Kier alpha value is -2.41. The molecule has 28 heavy (non-hydrogen) atoms. The summed E-state index contributed by atoms with van der Waals surface area (Å²) < 4.78 is 26.9. The number of aryl methyl sites for hydroxylation is 1. The maximum Gasteiger partial charge on any atom is 0.270 e. The molecule has 1 aliphatic heterocycles. The number of alkyl halides is 2. The zero-order chi connectivity index (χ0) is 20.4. The van der Waals surface area contributed by atoms with E-state index in [-0.39, 0.29) is 17.1 Å². The van der Waals surface area contributed by atoms with Crippen molar-refractivity contribution in [3.8, 4) is 11.3 Å². The van der Waals surface area contributed by atoms with Crippen LogP contribution < -0.4 is 10.6 Å². The van der Waals surface area contributed by atoms with Gasteiger partial charge in [0.25, 0.3) is 5.92 Å². The molecule has 2 aromatic rings. The fourth-order valence-corrected chi connectivity index (χ4v) is 3.65. The van der Waals surface area contributed by atoms with Crippen molar-refractivity contribution in [1.82, 2.24) is 20.6 Å². The van der Waals surface area contributed by atoms with Gasteiger partial charge in [-0.1, -0.05) is 24.3 Å². The molecule has 150 valence electrons. The molecule has 0 saturated carbocycles. The number of carbonyl (C=O) groups excluding carboxylic acids is 1. The number of amides is 1. The van der Waals surface area contributed by atoms with Gasteiger partial charge in [-0.05, 0) is 39.2 Å². The first-order chi connectivity index (χ1) is 13.2. The Kier molecular flexibility index (Phi) is 5.74. The molecule has 0 spiro atoms. The van der Waals surface area contributed by atoms with E-state index in [2.05, 4.69) is 22.5 Å². The number of halogens is 2. The molecule has 3 rings (SSSR count). The third-order valence-electron chi connectivity index (χ3n) is 5.28. The minimum atomic E-state index is -2.86. The van der Waals surface area contributed by atoms with Crippen LogP contribution in [0.15, 0.2) is 30.3 Å². The molecule has 0 bridgehead atoms. The third kappa shape index (κ3) is 4.70. The number of hydrogen-bond acceptors (Lipinski definition) is 4. The highest BCUT2D eigenvalue weighted by Crippen LogP contribution is 2.34. The van der Waals surface area contributed by atoms with E-state index in [1.807, 2.05) is 13.0 Å². The van der Waals surface area contributed by atoms with Gasteiger partial charge >= 0.3 is 0 Å². The highest BCUT2D eigenvalue weighted by Gasteiger charge is 2.36. The Labute approximate surface area is 164 Å². The summed E-state index contributed by atoms with van der Waals surface area (Å²) in [6.07, 6.45) is 3.41. The standard InChI is InChI=1S/C21H26F2N4O/c1-14-12-18(15-4-6-16(7-5-15)21(3,22)23)26-19(25-14)17-8-9-20(2,27-17)10-11-24-13-28/h4-7,12-13,17,27H,8-11H2,1-3H3,(H,24,28)/t17?,20-/m0/s1. The summed E-state index contributed by atoms with van der Waals surface area (Å²) in [6.45, 7) is 5.56. The van der Waals surface area contributed by atoms with Gasteiger partial charge in [0.15, 0.2) is 0 Å². The topological polar surface area (TPSA) is 66.9 Å². The molecule has 1 aliphatic rings. The molecule has 1 fully saturated rings. The van der Waals surface area contributed by atoms with Crippen LogP contribution in [-0.2, 0) is 10.7 Å². The largest absolute Gasteiger partial charge is 0.359 e. The highest BCUT2D eigenvalue weighted by atomic mass is 19.3. The minimum Gasteiger partial charge on any atom is -0.359 e. The lowest BCUT2D eigenvalue weighted by atomic mass is 9.96. The van der Waals surface area contributed by atoms with E-state index in [4.69, 9.17) is 4.98 Å². The molecule has 5 nitrogen and oxygen atoms in total. The van der Waals surface area contributed by atoms with Gasteiger partial charge in [0.1, 0.15) is 5.82 Å². The van der Waals surface area contributed by atoms with Crippen LogP contribution in [-0.4, -0.2) is 28.5 Å². The van der Waals surface area contributed by atoms with Crippen molar-refractivity contribution in [1.29, 1.82) is 0 Å². The average Bonchev–Trinajstić information content (AvgIpc) is 3.03. The Morgan fingerprint density at radius 2 is 2.04 bits per heavy atom. The maximum absolute atomic E-state index is 13.4. The summed E-state index contributed by atoms with van der Waals surface area (Å²) in [5.41, 5.74) is 2.26. The van der Waals surface area contributed by atoms with Crippen LogP contribution in [0, 0.1) is 6.92 Å². The predicted octanol–water partition coefficient (Wildman–Crippen LogP) is 3.88. The molecule has 1 amide bonds. The van der Waals surface area contributed by atoms with Gasteiger partial charge in [-0.15, -0.1) is 0 Å². The molecule has 7 heteroatoms. The van der Waals surface area contributed by atoms with E-state index in [0.29, 0.717) is 18.8 Å². The lowest BCUT2D eigenvalue weighted by molar-refractivity contribution is -0.109. The molecule has 1 unspecified atom stereocenters. The van der Waals surface area contributed by atoms with Crippen LogP contribution >= 0.6 is 0 Å². The van der Waals surface area contributed by atoms with Crippen molar-refractivity contribution in [3.05, 3.63) is 47.4 Å². The SMILES string of the molecule is Cc1cc(-c2ccc(C(C)(F)F)cc2)nc(C2CC[C@@](C)(CCNC=O)N2)n1. The third-order valence-corrected chi connectivity index (χ3v) is 5.28. The van der Waals surface area contributed by atoms with Gasteiger partial charge in [-0.2, -0.15) is 0 Å². The van der Waals surface area contributed by atoms with E-state index in [1.54, 1.807) is 12.1 Å². The van der Waals surface area contributed by atoms with E-state index < -0.39 is 5.92 Å². The van der Waals surface area contributed by atoms with Gasteiger partial charge < -0.3 is 10.6 Å². The van der Waals surface area contributed by atoms with Crippen LogP contribution in [0.3, 0.4) is 0 Å². The van der Waals surface area contributed by atoms with E-state index in [0.717, 1.165) is 43.1 Å². The molecular formula is C21H26F2N4O. The maximum atomic E-state index is 13.4. The molecule has 1 aromatic carbocycles. The van der Waals surface area contributed by atoms with Crippen LogP contribution in [0.5, 0.6) is 0 Å². The number of hydrogen-bond donors (Lipinski definition) is 2. The Balaban J connectivity index is 1.80. The van der Waals surface area contributed by atoms with E-state index in [9.17, 15) is 13.6 Å². The first-order valence-electron chi connectivity index (χ1n) is 9.49. The van der Waals surface area contributed by atoms with Gasteiger partial charge in [0.05, 0.1) is 11.7 Å². The molecule has 0 radical (unpaired) electrons. The number of nitrogens with one attached hydrogen (secondary N) is 2. The molecule has 2 atom stereocenters. The first-order valence-corrected chi connectivity index (χ1v) is 9.49. The normalized spacial score (nSPS) is 22.2. The summed E-state index contributed by atoms with van der Waals surface area (Å²) >= 11 is 0. The predicted molar refractivity (Wildman–Crippen MR) is 104 cm³/mol. The molecular weight excluding hydrogens is 362 g/mol.